The summed E-state index contributed by atoms with van der Waals surface area (Å²) in [6.45, 7) is 1.64. The van der Waals surface area contributed by atoms with Crippen LogP contribution >= 0.6 is 0 Å². The van der Waals surface area contributed by atoms with Gasteiger partial charge in [0.05, 0.1) is 11.1 Å². The van der Waals surface area contributed by atoms with Crippen molar-refractivity contribution in [3.8, 4) is 23.0 Å². The van der Waals surface area contributed by atoms with Crippen LogP contribution in [0, 0.1) is 6.92 Å². The molecular weight excluding hydrogens is 248 g/mol. The Labute approximate surface area is 109 Å². The molecule has 4 N–H and O–H groups in total. The van der Waals surface area contributed by atoms with Gasteiger partial charge in [0.2, 0.25) is 11.5 Å². The molecule has 2 aromatic rings. The molecule has 2 aromatic carbocycles. The standard InChI is InChI=1S/C14H12O5/c1-7-3-2-4-8(11(7)16)12(17)9-5-6-10(15)14(19)13(9)18/h2-6,15-16,18-19H,1H3. The van der Waals surface area contributed by atoms with E-state index < -0.39 is 23.0 Å². The number of benzene rings is 2. The molecule has 0 aliphatic carbocycles. The van der Waals surface area contributed by atoms with Crippen LogP contribution in [-0.2, 0) is 0 Å². The number of para-hydroxylation sites is 1. The summed E-state index contributed by atoms with van der Waals surface area (Å²) in [7, 11) is 0. The van der Waals surface area contributed by atoms with Crippen LogP contribution in [0.5, 0.6) is 23.0 Å². The van der Waals surface area contributed by atoms with Gasteiger partial charge in [-0.05, 0) is 30.7 Å². The van der Waals surface area contributed by atoms with Gasteiger partial charge in [0, 0.05) is 0 Å². The molecule has 5 nitrogen and oxygen atoms in total. The number of rotatable bonds is 2. The lowest BCUT2D eigenvalue weighted by molar-refractivity contribution is 0.103. The van der Waals surface area contributed by atoms with Crippen molar-refractivity contribution >= 4 is 5.78 Å². The van der Waals surface area contributed by atoms with Gasteiger partial charge in [0.15, 0.2) is 11.5 Å². The fourth-order valence-electron chi connectivity index (χ4n) is 1.74. The predicted molar refractivity (Wildman–Crippen MR) is 67.7 cm³/mol. The van der Waals surface area contributed by atoms with Crippen LogP contribution in [0.25, 0.3) is 0 Å². The van der Waals surface area contributed by atoms with Crippen LogP contribution in [0.2, 0.25) is 0 Å². The molecule has 0 aromatic heterocycles. The molecule has 0 fully saturated rings. The molecule has 0 unspecified atom stereocenters. The molecule has 0 bridgehead atoms. The smallest absolute Gasteiger partial charge is 0.201 e. The number of carbonyl (C=O) groups excluding carboxylic acids is 1. The van der Waals surface area contributed by atoms with E-state index in [4.69, 9.17) is 0 Å². The first-order valence-corrected chi connectivity index (χ1v) is 5.50. The Kier molecular flexibility index (Phi) is 3.04. The van der Waals surface area contributed by atoms with Gasteiger partial charge in [-0.2, -0.15) is 0 Å². The Balaban J connectivity index is 2.57. The maximum absolute atomic E-state index is 12.2. The third-order valence-corrected chi connectivity index (χ3v) is 2.86. The van der Waals surface area contributed by atoms with Crippen LogP contribution in [0.4, 0.5) is 0 Å². The zero-order chi connectivity index (χ0) is 14.2. The molecule has 0 saturated heterocycles. The van der Waals surface area contributed by atoms with Crippen LogP contribution in [0.15, 0.2) is 30.3 Å². The lowest BCUT2D eigenvalue weighted by Gasteiger charge is -2.09. The minimum atomic E-state index is -0.766. The first-order chi connectivity index (χ1) is 8.93. The van der Waals surface area contributed by atoms with Crippen molar-refractivity contribution in [2.45, 2.75) is 6.92 Å². The normalized spacial score (nSPS) is 10.4. The monoisotopic (exact) mass is 260 g/mol. The fourth-order valence-corrected chi connectivity index (χ4v) is 1.74. The zero-order valence-corrected chi connectivity index (χ0v) is 10.1. The maximum atomic E-state index is 12.2. The predicted octanol–water partition coefficient (Wildman–Crippen LogP) is 2.05. The lowest BCUT2D eigenvalue weighted by atomic mass is 9.99. The second-order valence-electron chi connectivity index (χ2n) is 4.13. The summed E-state index contributed by atoms with van der Waals surface area (Å²) in [5.41, 5.74) is 0.338. The zero-order valence-electron chi connectivity index (χ0n) is 10.1. The summed E-state index contributed by atoms with van der Waals surface area (Å²) in [6.07, 6.45) is 0. The van der Waals surface area contributed by atoms with Crippen molar-refractivity contribution in [1.29, 1.82) is 0 Å². The van der Waals surface area contributed by atoms with E-state index in [-0.39, 0.29) is 16.9 Å². The topological polar surface area (TPSA) is 98.0 Å². The highest BCUT2D eigenvalue weighted by Gasteiger charge is 2.21. The summed E-state index contributed by atoms with van der Waals surface area (Å²) < 4.78 is 0. The minimum absolute atomic E-state index is 0.0142. The number of hydrogen-bond acceptors (Lipinski definition) is 5. The molecule has 0 aliphatic rings. The van der Waals surface area contributed by atoms with E-state index in [1.807, 2.05) is 0 Å². The minimum Gasteiger partial charge on any atom is -0.507 e. The number of phenols is 4. The third-order valence-electron chi connectivity index (χ3n) is 2.86. The number of carbonyl (C=O) groups is 1. The van der Waals surface area contributed by atoms with Gasteiger partial charge in [0.25, 0.3) is 0 Å². The highest BCUT2D eigenvalue weighted by molar-refractivity contribution is 6.12. The number of hydrogen-bond donors (Lipinski definition) is 4. The fraction of sp³-hybridized carbons (Fsp3) is 0.0714. The van der Waals surface area contributed by atoms with Gasteiger partial charge in [-0.1, -0.05) is 12.1 Å². The van der Waals surface area contributed by atoms with Crippen LogP contribution in [0.3, 0.4) is 0 Å². The molecule has 0 saturated carbocycles. The molecule has 19 heavy (non-hydrogen) atoms. The molecule has 98 valence electrons. The van der Waals surface area contributed by atoms with E-state index in [0.717, 1.165) is 6.07 Å². The van der Waals surface area contributed by atoms with Gasteiger partial charge in [-0.25, -0.2) is 0 Å². The maximum Gasteiger partial charge on any atom is 0.201 e. The van der Waals surface area contributed by atoms with Crippen molar-refractivity contribution in [3.63, 3.8) is 0 Å². The molecule has 0 heterocycles. The van der Waals surface area contributed by atoms with Crippen molar-refractivity contribution in [3.05, 3.63) is 47.0 Å². The van der Waals surface area contributed by atoms with Crippen molar-refractivity contribution in [2.75, 3.05) is 0 Å². The van der Waals surface area contributed by atoms with Gasteiger partial charge in [-0.15, -0.1) is 0 Å². The first-order valence-electron chi connectivity index (χ1n) is 5.50. The molecule has 0 radical (unpaired) electrons. The summed E-state index contributed by atoms with van der Waals surface area (Å²) in [6, 6.07) is 6.91. The van der Waals surface area contributed by atoms with E-state index in [1.54, 1.807) is 19.1 Å². The Morgan fingerprint density at radius 3 is 2.16 bits per heavy atom. The first kappa shape index (κ1) is 12.8. The highest BCUT2D eigenvalue weighted by atomic mass is 16.3. The van der Waals surface area contributed by atoms with Crippen molar-refractivity contribution < 1.29 is 25.2 Å². The van der Waals surface area contributed by atoms with E-state index in [9.17, 15) is 25.2 Å². The van der Waals surface area contributed by atoms with Crippen molar-refractivity contribution in [2.24, 2.45) is 0 Å². The summed E-state index contributed by atoms with van der Waals surface area (Å²) in [5, 5.41) is 38.1. The Hall–Kier alpha value is -2.69. The highest BCUT2D eigenvalue weighted by Crippen LogP contribution is 2.38. The number of aryl methyl sites for hydroxylation is 1. The molecule has 0 spiro atoms. The van der Waals surface area contributed by atoms with Crippen LogP contribution in [-0.4, -0.2) is 26.2 Å². The average molecular weight is 260 g/mol. The molecule has 5 heteroatoms. The van der Waals surface area contributed by atoms with E-state index in [0.29, 0.717) is 5.56 Å². The van der Waals surface area contributed by atoms with E-state index in [1.165, 1.54) is 12.1 Å². The van der Waals surface area contributed by atoms with Gasteiger partial charge >= 0.3 is 0 Å². The average Bonchev–Trinajstić information content (AvgIpc) is 2.39. The second-order valence-corrected chi connectivity index (χ2v) is 4.13. The molecular formula is C14H12O5. The largest absolute Gasteiger partial charge is 0.507 e. The number of ketones is 1. The lowest BCUT2D eigenvalue weighted by Crippen LogP contribution is -2.02. The third kappa shape index (κ3) is 2.06. The summed E-state index contributed by atoms with van der Waals surface area (Å²) in [4.78, 5) is 12.2. The Bertz CT molecular complexity index is 661. The van der Waals surface area contributed by atoms with E-state index >= 15 is 0 Å². The summed E-state index contributed by atoms with van der Waals surface area (Å²) in [5.74, 6) is -2.83. The molecule has 0 amide bonds. The van der Waals surface area contributed by atoms with Gasteiger partial charge < -0.3 is 20.4 Å². The number of phenolic OH excluding ortho intramolecular Hbond substituents is 4. The van der Waals surface area contributed by atoms with Crippen LogP contribution < -0.4 is 0 Å². The summed E-state index contributed by atoms with van der Waals surface area (Å²) >= 11 is 0. The number of aromatic hydroxyl groups is 4. The van der Waals surface area contributed by atoms with Gasteiger partial charge in [-0.3, -0.25) is 4.79 Å². The van der Waals surface area contributed by atoms with Crippen LogP contribution in [0.1, 0.15) is 21.5 Å². The molecule has 2 rings (SSSR count). The SMILES string of the molecule is Cc1cccc(C(=O)c2ccc(O)c(O)c2O)c1O. The van der Waals surface area contributed by atoms with Gasteiger partial charge in [0.1, 0.15) is 5.75 Å². The quantitative estimate of drug-likeness (QED) is 0.489. The van der Waals surface area contributed by atoms with Crippen molar-refractivity contribution in [1.82, 2.24) is 0 Å². The molecule has 0 atom stereocenters. The Morgan fingerprint density at radius 2 is 1.47 bits per heavy atom. The van der Waals surface area contributed by atoms with E-state index in [2.05, 4.69) is 0 Å². The Morgan fingerprint density at radius 1 is 0.842 bits per heavy atom. The second kappa shape index (κ2) is 4.53. The molecule has 0 aliphatic heterocycles.